The standard InChI is InChI=1S/C23H26N2O2S/c1-14(2)18-8-6-7-9-20(18)27-12-21(26)25-23-24-19(13-28-23)22-16(4)10-15(3)11-17(22)5/h6-11,13-14H,12H2,1-5H3,(H,24,25,26). The number of carbonyl (C=O) groups is 1. The predicted molar refractivity (Wildman–Crippen MR) is 116 cm³/mol. The number of ether oxygens (including phenoxy) is 1. The molecule has 1 amide bonds. The van der Waals surface area contributed by atoms with Crippen molar-refractivity contribution in [3.8, 4) is 17.0 Å². The summed E-state index contributed by atoms with van der Waals surface area (Å²) in [6, 6.07) is 12.1. The molecule has 1 N–H and O–H groups in total. The number of carbonyl (C=O) groups excluding carboxylic acids is 1. The summed E-state index contributed by atoms with van der Waals surface area (Å²) in [7, 11) is 0. The summed E-state index contributed by atoms with van der Waals surface area (Å²) in [5.41, 5.74) is 6.73. The minimum atomic E-state index is -0.211. The van der Waals surface area contributed by atoms with Crippen LogP contribution in [0.1, 0.15) is 42.0 Å². The van der Waals surface area contributed by atoms with Crippen LogP contribution in [0.3, 0.4) is 0 Å². The van der Waals surface area contributed by atoms with E-state index in [0.717, 1.165) is 22.6 Å². The maximum absolute atomic E-state index is 12.3. The van der Waals surface area contributed by atoms with Gasteiger partial charge >= 0.3 is 0 Å². The second kappa shape index (κ2) is 8.57. The first-order valence-electron chi connectivity index (χ1n) is 9.40. The van der Waals surface area contributed by atoms with Crippen LogP contribution in [0.25, 0.3) is 11.3 Å². The summed E-state index contributed by atoms with van der Waals surface area (Å²) < 4.78 is 5.74. The Hall–Kier alpha value is -2.66. The number of amides is 1. The molecule has 0 unspecified atom stereocenters. The highest BCUT2D eigenvalue weighted by atomic mass is 32.1. The fraction of sp³-hybridized carbons (Fsp3) is 0.304. The molecule has 0 aliphatic heterocycles. The number of para-hydroxylation sites is 1. The molecule has 0 bridgehead atoms. The lowest BCUT2D eigenvalue weighted by Gasteiger charge is -2.13. The largest absolute Gasteiger partial charge is 0.483 e. The molecule has 146 valence electrons. The van der Waals surface area contributed by atoms with E-state index in [0.29, 0.717) is 11.0 Å². The zero-order valence-corrected chi connectivity index (χ0v) is 17.8. The maximum atomic E-state index is 12.3. The number of nitrogens with one attached hydrogen (secondary N) is 1. The van der Waals surface area contributed by atoms with Crippen LogP contribution in [0.15, 0.2) is 41.8 Å². The van der Waals surface area contributed by atoms with Gasteiger partial charge in [0.1, 0.15) is 5.75 Å². The second-order valence-corrected chi connectivity index (χ2v) is 8.20. The third-order valence-electron chi connectivity index (χ3n) is 4.58. The van der Waals surface area contributed by atoms with Crippen molar-refractivity contribution in [2.24, 2.45) is 0 Å². The monoisotopic (exact) mass is 394 g/mol. The Morgan fingerprint density at radius 2 is 1.82 bits per heavy atom. The van der Waals surface area contributed by atoms with Crippen molar-refractivity contribution in [3.63, 3.8) is 0 Å². The summed E-state index contributed by atoms with van der Waals surface area (Å²) in [5, 5.41) is 5.41. The molecule has 3 rings (SSSR count). The van der Waals surface area contributed by atoms with Gasteiger partial charge in [0.05, 0.1) is 5.69 Å². The van der Waals surface area contributed by atoms with Gasteiger partial charge in [-0.15, -0.1) is 11.3 Å². The molecule has 0 saturated carbocycles. The highest BCUT2D eigenvalue weighted by Gasteiger charge is 2.13. The van der Waals surface area contributed by atoms with Crippen molar-refractivity contribution in [2.45, 2.75) is 40.5 Å². The normalized spacial score (nSPS) is 10.9. The highest BCUT2D eigenvalue weighted by Crippen LogP contribution is 2.31. The number of thiazole rings is 1. The van der Waals surface area contributed by atoms with E-state index in [1.807, 2.05) is 29.6 Å². The van der Waals surface area contributed by atoms with Crippen molar-refractivity contribution in [3.05, 3.63) is 64.0 Å². The van der Waals surface area contributed by atoms with Gasteiger partial charge in [-0.1, -0.05) is 49.7 Å². The van der Waals surface area contributed by atoms with Gasteiger partial charge in [-0.2, -0.15) is 0 Å². The zero-order chi connectivity index (χ0) is 20.3. The minimum absolute atomic E-state index is 0.0404. The Morgan fingerprint density at radius 1 is 1.14 bits per heavy atom. The summed E-state index contributed by atoms with van der Waals surface area (Å²) in [5.74, 6) is 0.872. The lowest BCUT2D eigenvalue weighted by Crippen LogP contribution is -2.20. The maximum Gasteiger partial charge on any atom is 0.264 e. The van der Waals surface area contributed by atoms with Crippen LogP contribution >= 0.6 is 11.3 Å². The number of benzene rings is 2. The smallest absolute Gasteiger partial charge is 0.264 e. The fourth-order valence-electron chi connectivity index (χ4n) is 3.42. The molecule has 0 spiro atoms. The molecule has 0 aliphatic carbocycles. The van der Waals surface area contributed by atoms with Crippen molar-refractivity contribution in [1.82, 2.24) is 4.98 Å². The molecule has 2 aromatic carbocycles. The molecule has 28 heavy (non-hydrogen) atoms. The van der Waals surface area contributed by atoms with Gasteiger partial charge in [-0.3, -0.25) is 10.1 Å². The topological polar surface area (TPSA) is 51.2 Å². The van der Waals surface area contributed by atoms with Crippen molar-refractivity contribution < 1.29 is 9.53 Å². The molecular formula is C23H26N2O2S. The minimum Gasteiger partial charge on any atom is -0.483 e. The average molecular weight is 395 g/mol. The molecule has 0 aliphatic rings. The molecule has 5 heteroatoms. The Bertz CT molecular complexity index is 969. The summed E-state index contributed by atoms with van der Waals surface area (Å²) >= 11 is 1.43. The van der Waals surface area contributed by atoms with Gasteiger partial charge in [-0.05, 0) is 49.4 Å². The molecule has 0 atom stereocenters. The molecule has 0 radical (unpaired) electrons. The van der Waals surface area contributed by atoms with Gasteiger partial charge in [0, 0.05) is 10.9 Å². The van der Waals surface area contributed by atoms with Gasteiger partial charge in [0.25, 0.3) is 5.91 Å². The molecule has 1 heterocycles. The number of hydrogen-bond donors (Lipinski definition) is 1. The van der Waals surface area contributed by atoms with Gasteiger partial charge in [-0.25, -0.2) is 4.98 Å². The van der Waals surface area contributed by atoms with Gasteiger partial charge in [0.15, 0.2) is 11.7 Å². The van der Waals surface area contributed by atoms with E-state index in [1.54, 1.807) is 0 Å². The van der Waals surface area contributed by atoms with Gasteiger partial charge < -0.3 is 4.74 Å². The SMILES string of the molecule is Cc1cc(C)c(-c2csc(NC(=O)COc3ccccc3C(C)C)n2)c(C)c1. The number of aryl methyl sites for hydroxylation is 3. The molecular weight excluding hydrogens is 368 g/mol. The summed E-state index contributed by atoms with van der Waals surface area (Å²) in [6.07, 6.45) is 0. The average Bonchev–Trinajstić information content (AvgIpc) is 3.07. The van der Waals surface area contributed by atoms with Gasteiger partial charge in [0.2, 0.25) is 0 Å². The quantitative estimate of drug-likeness (QED) is 0.568. The van der Waals surface area contributed by atoms with Crippen molar-refractivity contribution >= 4 is 22.4 Å². The van der Waals surface area contributed by atoms with Crippen LogP contribution < -0.4 is 10.1 Å². The van der Waals surface area contributed by atoms with E-state index < -0.39 is 0 Å². The van der Waals surface area contributed by atoms with E-state index >= 15 is 0 Å². The van der Waals surface area contributed by atoms with Crippen LogP contribution in [-0.2, 0) is 4.79 Å². The first-order chi connectivity index (χ1) is 13.3. The van der Waals surface area contributed by atoms with Crippen LogP contribution in [0.4, 0.5) is 5.13 Å². The Morgan fingerprint density at radius 3 is 2.50 bits per heavy atom. The molecule has 4 nitrogen and oxygen atoms in total. The van der Waals surface area contributed by atoms with E-state index in [4.69, 9.17) is 4.74 Å². The first kappa shape index (κ1) is 20.1. The summed E-state index contributed by atoms with van der Waals surface area (Å²) in [6.45, 7) is 10.4. The van der Waals surface area contributed by atoms with Crippen LogP contribution in [0.5, 0.6) is 5.75 Å². The molecule has 0 fully saturated rings. The molecule has 3 aromatic rings. The molecule has 1 aromatic heterocycles. The number of nitrogens with zero attached hydrogens (tertiary/aromatic N) is 1. The van der Waals surface area contributed by atoms with E-state index in [9.17, 15) is 4.79 Å². The number of aromatic nitrogens is 1. The second-order valence-electron chi connectivity index (χ2n) is 7.34. The zero-order valence-electron chi connectivity index (χ0n) is 17.0. The first-order valence-corrected chi connectivity index (χ1v) is 10.3. The summed E-state index contributed by atoms with van der Waals surface area (Å²) in [4.78, 5) is 16.9. The van der Waals surface area contributed by atoms with E-state index in [-0.39, 0.29) is 12.5 Å². The Labute approximate surface area is 170 Å². The van der Waals surface area contributed by atoms with Crippen LogP contribution in [0.2, 0.25) is 0 Å². The van der Waals surface area contributed by atoms with Crippen LogP contribution in [0, 0.1) is 20.8 Å². The molecule has 0 saturated heterocycles. The van der Waals surface area contributed by atoms with Crippen LogP contribution in [-0.4, -0.2) is 17.5 Å². The third-order valence-corrected chi connectivity index (χ3v) is 5.34. The number of rotatable bonds is 6. The Kier molecular flexibility index (Phi) is 6.15. The number of anilines is 1. The van der Waals surface area contributed by atoms with Crippen molar-refractivity contribution in [2.75, 3.05) is 11.9 Å². The fourth-order valence-corrected chi connectivity index (χ4v) is 4.14. The lowest BCUT2D eigenvalue weighted by atomic mass is 9.98. The van der Waals surface area contributed by atoms with E-state index in [1.165, 1.54) is 28.0 Å². The predicted octanol–water partition coefficient (Wildman–Crippen LogP) is 5.88. The third kappa shape index (κ3) is 4.60. The number of hydrogen-bond acceptors (Lipinski definition) is 4. The van der Waals surface area contributed by atoms with Crippen molar-refractivity contribution in [1.29, 1.82) is 0 Å². The lowest BCUT2D eigenvalue weighted by molar-refractivity contribution is -0.118. The highest BCUT2D eigenvalue weighted by molar-refractivity contribution is 7.14. The van der Waals surface area contributed by atoms with E-state index in [2.05, 4.69) is 57.1 Å². The Balaban J connectivity index is 1.67.